The van der Waals surface area contributed by atoms with E-state index in [1.165, 1.54) is 0 Å². The highest BCUT2D eigenvalue weighted by Gasteiger charge is 2.03. The van der Waals surface area contributed by atoms with Crippen molar-refractivity contribution in [1.82, 2.24) is 0 Å². The molecule has 0 saturated carbocycles. The number of hydrogen-bond donors (Lipinski definition) is 0. The minimum Gasteiger partial charge on any atom is -0.467 e. The lowest BCUT2D eigenvalue weighted by atomic mass is 10.3. The molecule has 1 aromatic rings. The maximum absolute atomic E-state index is 5.06. The van der Waals surface area contributed by atoms with Crippen LogP contribution in [0.4, 0.5) is 0 Å². The summed E-state index contributed by atoms with van der Waals surface area (Å²) in [4.78, 5) is 0. The van der Waals surface area contributed by atoms with Crippen LogP contribution in [0.5, 0.6) is 0 Å². The molecule has 0 aliphatic rings. The third kappa shape index (κ3) is 1.33. The third-order valence-electron chi connectivity index (χ3n) is 1.30. The third-order valence-corrected chi connectivity index (χ3v) is 1.30. The van der Waals surface area contributed by atoms with Crippen molar-refractivity contribution in [2.24, 2.45) is 0 Å². The van der Waals surface area contributed by atoms with Crippen LogP contribution in [0.1, 0.15) is 18.8 Å². The second kappa shape index (κ2) is 2.69. The van der Waals surface area contributed by atoms with Crippen molar-refractivity contribution in [3.05, 3.63) is 24.2 Å². The number of methoxy groups -OCH3 is 1. The van der Waals surface area contributed by atoms with Crippen LogP contribution in [0.25, 0.3) is 0 Å². The van der Waals surface area contributed by atoms with Crippen molar-refractivity contribution in [2.45, 2.75) is 13.0 Å². The molecule has 2 heteroatoms. The summed E-state index contributed by atoms with van der Waals surface area (Å²) in [6, 6.07) is 3.75. The highest BCUT2D eigenvalue weighted by molar-refractivity contribution is 5.00. The van der Waals surface area contributed by atoms with Gasteiger partial charge in [0, 0.05) is 7.11 Å². The summed E-state index contributed by atoms with van der Waals surface area (Å²) < 4.78 is 10.1. The van der Waals surface area contributed by atoms with E-state index in [2.05, 4.69) is 0 Å². The van der Waals surface area contributed by atoms with E-state index in [0.717, 1.165) is 5.76 Å². The van der Waals surface area contributed by atoms with Gasteiger partial charge in [0.15, 0.2) is 0 Å². The number of furan rings is 1. The molecule has 9 heavy (non-hydrogen) atoms. The van der Waals surface area contributed by atoms with E-state index in [1.54, 1.807) is 13.4 Å². The molecule has 2 nitrogen and oxygen atoms in total. The van der Waals surface area contributed by atoms with Gasteiger partial charge in [-0.05, 0) is 19.1 Å². The van der Waals surface area contributed by atoms with E-state index in [0.29, 0.717) is 0 Å². The Morgan fingerprint density at radius 3 is 2.89 bits per heavy atom. The summed E-state index contributed by atoms with van der Waals surface area (Å²) in [5, 5.41) is 0. The van der Waals surface area contributed by atoms with Crippen LogP contribution in [0, 0.1) is 0 Å². The predicted molar refractivity (Wildman–Crippen MR) is 34.1 cm³/mol. The number of ether oxygens (including phenoxy) is 1. The van der Waals surface area contributed by atoms with E-state index < -0.39 is 0 Å². The second-order valence-electron chi connectivity index (χ2n) is 1.89. The van der Waals surface area contributed by atoms with Gasteiger partial charge in [-0.2, -0.15) is 0 Å². The lowest BCUT2D eigenvalue weighted by molar-refractivity contribution is 0.0995. The van der Waals surface area contributed by atoms with Crippen molar-refractivity contribution in [3.8, 4) is 0 Å². The largest absolute Gasteiger partial charge is 0.467 e. The topological polar surface area (TPSA) is 22.4 Å². The molecule has 0 amide bonds. The van der Waals surface area contributed by atoms with Crippen LogP contribution in [0.15, 0.2) is 22.8 Å². The van der Waals surface area contributed by atoms with Crippen LogP contribution in [0.3, 0.4) is 0 Å². The van der Waals surface area contributed by atoms with Gasteiger partial charge < -0.3 is 9.15 Å². The molecule has 0 bridgehead atoms. The van der Waals surface area contributed by atoms with E-state index in [4.69, 9.17) is 9.15 Å². The van der Waals surface area contributed by atoms with Gasteiger partial charge in [-0.25, -0.2) is 0 Å². The zero-order valence-corrected chi connectivity index (χ0v) is 5.63. The molecule has 0 N–H and O–H groups in total. The molecular weight excluding hydrogens is 116 g/mol. The molecule has 0 saturated heterocycles. The minimum atomic E-state index is 0.0694. The zero-order valence-electron chi connectivity index (χ0n) is 5.63. The van der Waals surface area contributed by atoms with Crippen LogP contribution in [0.2, 0.25) is 0 Å². The van der Waals surface area contributed by atoms with Gasteiger partial charge in [0.25, 0.3) is 0 Å². The fourth-order valence-corrected chi connectivity index (χ4v) is 0.639. The summed E-state index contributed by atoms with van der Waals surface area (Å²) >= 11 is 0. The van der Waals surface area contributed by atoms with Crippen molar-refractivity contribution < 1.29 is 9.15 Å². The molecule has 0 fully saturated rings. The molecule has 1 aromatic heterocycles. The maximum Gasteiger partial charge on any atom is 0.132 e. The number of rotatable bonds is 2. The fraction of sp³-hybridized carbons (Fsp3) is 0.429. The van der Waals surface area contributed by atoms with Crippen LogP contribution >= 0.6 is 0 Å². The van der Waals surface area contributed by atoms with Crippen LogP contribution in [-0.2, 0) is 4.74 Å². The lowest BCUT2D eigenvalue weighted by Crippen LogP contribution is -1.91. The minimum absolute atomic E-state index is 0.0694. The van der Waals surface area contributed by atoms with Gasteiger partial charge in [0.1, 0.15) is 11.9 Å². The molecule has 1 rings (SSSR count). The summed E-state index contributed by atoms with van der Waals surface area (Å²) in [7, 11) is 1.66. The first-order valence-electron chi connectivity index (χ1n) is 2.91. The summed E-state index contributed by atoms with van der Waals surface area (Å²) in [6.07, 6.45) is 1.71. The van der Waals surface area contributed by atoms with Crippen LogP contribution < -0.4 is 0 Å². The zero-order chi connectivity index (χ0) is 6.69. The Morgan fingerprint density at radius 1 is 1.67 bits per heavy atom. The van der Waals surface area contributed by atoms with E-state index in [1.807, 2.05) is 19.1 Å². The maximum atomic E-state index is 5.06. The summed E-state index contributed by atoms with van der Waals surface area (Å²) in [5.41, 5.74) is 0. The molecular formula is C7H10O2. The Hall–Kier alpha value is -0.760. The van der Waals surface area contributed by atoms with E-state index in [9.17, 15) is 0 Å². The lowest BCUT2D eigenvalue weighted by Gasteiger charge is -2.03. The molecule has 50 valence electrons. The Labute approximate surface area is 54.4 Å². The molecule has 0 spiro atoms. The van der Waals surface area contributed by atoms with E-state index in [-0.39, 0.29) is 6.10 Å². The van der Waals surface area contributed by atoms with Crippen molar-refractivity contribution in [3.63, 3.8) is 0 Å². The Balaban J connectivity index is 2.65. The summed E-state index contributed by atoms with van der Waals surface area (Å²) in [5.74, 6) is 0.873. The monoisotopic (exact) mass is 126 g/mol. The smallest absolute Gasteiger partial charge is 0.132 e. The molecule has 0 aromatic carbocycles. The highest BCUT2D eigenvalue weighted by Crippen LogP contribution is 2.14. The first-order valence-corrected chi connectivity index (χ1v) is 2.91. The van der Waals surface area contributed by atoms with Crippen molar-refractivity contribution in [2.75, 3.05) is 7.11 Å². The van der Waals surface area contributed by atoms with Gasteiger partial charge >= 0.3 is 0 Å². The Kier molecular flexibility index (Phi) is 1.90. The predicted octanol–water partition coefficient (Wildman–Crippen LogP) is 1.99. The first-order chi connectivity index (χ1) is 4.34. The van der Waals surface area contributed by atoms with Gasteiger partial charge in [0.2, 0.25) is 0 Å². The second-order valence-corrected chi connectivity index (χ2v) is 1.89. The van der Waals surface area contributed by atoms with Gasteiger partial charge in [-0.1, -0.05) is 0 Å². The molecule has 1 atom stereocenters. The van der Waals surface area contributed by atoms with E-state index >= 15 is 0 Å². The fourth-order valence-electron chi connectivity index (χ4n) is 0.639. The SMILES string of the molecule is COC(C)c1ccco1. The van der Waals surface area contributed by atoms with Gasteiger partial charge in [-0.3, -0.25) is 0 Å². The van der Waals surface area contributed by atoms with Crippen molar-refractivity contribution in [1.29, 1.82) is 0 Å². The highest BCUT2D eigenvalue weighted by atomic mass is 16.5. The molecule has 1 heterocycles. The van der Waals surface area contributed by atoms with Gasteiger partial charge in [-0.15, -0.1) is 0 Å². The van der Waals surface area contributed by atoms with Crippen LogP contribution in [-0.4, -0.2) is 7.11 Å². The molecule has 0 aliphatic carbocycles. The molecule has 0 aliphatic heterocycles. The molecule has 1 unspecified atom stereocenters. The Morgan fingerprint density at radius 2 is 2.44 bits per heavy atom. The van der Waals surface area contributed by atoms with Crippen molar-refractivity contribution >= 4 is 0 Å². The standard InChI is InChI=1S/C7H10O2/c1-6(8-2)7-4-3-5-9-7/h3-6H,1-2H3. The quantitative estimate of drug-likeness (QED) is 0.604. The summed E-state index contributed by atoms with van der Waals surface area (Å²) in [6.45, 7) is 1.94. The Bertz CT molecular complexity index is 155. The number of hydrogen-bond acceptors (Lipinski definition) is 2. The normalized spacial score (nSPS) is 13.6. The first kappa shape index (κ1) is 6.36. The van der Waals surface area contributed by atoms with Gasteiger partial charge in [0.05, 0.1) is 6.26 Å². The average molecular weight is 126 g/mol. The molecule has 0 radical (unpaired) electrons. The average Bonchev–Trinajstić information content (AvgIpc) is 2.37.